The Bertz CT molecular complexity index is 910. The van der Waals surface area contributed by atoms with Gasteiger partial charge in [-0.1, -0.05) is 12.1 Å². The van der Waals surface area contributed by atoms with Crippen LogP contribution in [0.15, 0.2) is 41.5 Å². The number of ether oxygens (including phenoxy) is 1. The van der Waals surface area contributed by atoms with Crippen molar-refractivity contribution in [1.29, 1.82) is 0 Å². The maximum absolute atomic E-state index is 12.8. The molecule has 126 valence electrons. The molecule has 6 heteroatoms. The first kappa shape index (κ1) is 16.3. The van der Waals surface area contributed by atoms with E-state index in [-0.39, 0.29) is 18.2 Å². The number of aliphatic hydroxyl groups excluding tert-OH is 1. The topological polar surface area (TPSA) is 69.3 Å². The number of hydrogen-bond acceptors (Lipinski definition) is 4. The molecule has 0 aliphatic carbocycles. The van der Waals surface area contributed by atoms with E-state index in [1.807, 2.05) is 48.9 Å². The summed E-state index contributed by atoms with van der Waals surface area (Å²) in [7, 11) is 1.62. The van der Waals surface area contributed by atoms with Gasteiger partial charge >= 0.3 is 0 Å². The number of fused-ring (bicyclic) bond motifs is 1. The molecule has 0 aliphatic heterocycles. The fraction of sp³-hybridized carbons (Fsp3) is 0.333. The van der Waals surface area contributed by atoms with Gasteiger partial charge in [-0.3, -0.25) is 4.79 Å². The molecule has 1 atom stereocenters. The van der Waals surface area contributed by atoms with Crippen LogP contribution in [-0.4, -0.2) is 33.2 Å². The van der Waals surface area contributed by atoms with Crippen LogP contribution in [0, 0.1) is 6.92 Å². The smallest absolute Gasteiger partial charge is 0.276 e. The lowest BCUT2D eigenvalue weighted by Crippen LogP contribution is -2.23. The van der Waals surface area contributed by atoms with Gasteiger partial charge in [-0.2, -0.15) is 5.10 Å². The summed E-state index contributed by atoms with van der Waals surface area (Å²) in [6.45, 7) is 4.22. The molecule has 2 heterocycles. The minimum atomic E-state index is -0.121. The largest absolute Gasteiger partial charge is 0.497 e. The van der Waals surface area contributed by atoms with Gasteiger partial charge in [-0.05, 0) is 37.1 Å². The molecule has 1 N–H and O–H groups in total. The molecule has 3 rings (SSSR count). The van der Waals surface area contributed by atoms with Gasteiger partial charge in [0.2, 0.25) is 0 Å². The fourth-order valence-electron chi connectivity index (χ4n) is 2.86. The highest BCUT2D eigenvalue weighted by molar-refractivity contribution is 5.82. The predicted molar refractivity (Wildman–Crippen MR) is 92.6 cm³/mol. The van der Waals surface area contributed by atoms with Gasteiger partial charge in [0.25, 0.3) is 5.56 Å². The van der Waals surface area contributed by atoms with E-state index >= 15 is 0 Å². The Morgan fingerprint density at radius 3 is 2.62 bits per heavy atom. The number of methoxy groups -OCH3 is 1. The molecule has 0 fully saturated rings. The molecule has 0 bridgehead atoms. The highest BCUT2D eigenvalue weighted by Crippen LogP contribution is 2.21. The van der Waals surface area contributed by atoms with Crippen molar-refractivity contribution >= 4 is 10.9 Å². The first-order valence-corrected chi connectivity index (χ1v) is 7.86. The van der Waals surface area contributed by atoms with E-state index in [4.69, 9.17) is 4.74 Å². The van der Waals surface area contributed by atoms with Gasteiger partial charge in [0.05, 0.1) is 43.4 Å². The fourth-order valence-corrected chi connectivity index (χ4v) is 2.86. The van der Waals surface area contributed by atoms with Crippen LogP contribution in [0.5, 0.6) is 5.75 Å². The van der Waals surface area contributed by atoms with E-state index in [1.54, 1.807) is 13.3 Å². The Morgan fingerprint density at radius 1 is 1.29 bits per heavy atom. The zero-order valence-corrected chi connectivity index (χ0v) is 14.1. The Labute approximate surface area is 139 Å². The molecule has 0 saturated heterocycles. The zero-order valence-electron chi connectivity index (χ0n) is 14.1. The van der Waals surface area contributed by atoms with Crippen molar-refractivity contribution in [2.24, 2.45) is 0 Å². The van der Waals surface area contributed by atoms with E-state index in [9.17, 15) is 9.90 Å². The molecule has 0 aliphatic rings. The number of aryl methyl sites for hydroxylation is 1. The van der Waals surface area contributed by atoms with Gasteiger partial charge in [0.1, 0.15) is 5.75 Å². The van der Waals surface area contributed by atoms with Crippen LogP contribution in [-0.2, 0) is 6.54 Å². The maximum Gasteiger partial charge on any atom is 0.276 e. The van der Waals surface area contributed by atoms with Crippen LogP contribution in [0.1, 0.15) is 24.1 Å². The minimum Gasteiger partial charge on any atom is -0.497 e. The first-order valence-electron chi connectivity index (χ1n) is 7.86. The molecule has 3 aromatic rings. The Balaban J connectivity index is 2.02. The molecule has 1 aromatic carbocycles. The number of rotatable bonds is 5. The molecule has 1 unspecified atom stereocenters. The molecule has 2 aromatic heterocycles. The van der Waals surface area contributed by atoms with Gasteiger partial charge < -0.3 is 14.4 Å². The molecule has 24 heavy (non-hydrogen) atoms. The van der Waals surface area contributed by atoms with E-state index in [0.717, 1.165) is 22.4 Å². The quantitative estimate of drug-likeness (QED) is 0.779. The Morgan fingerprint density at radius 2 is 2.00 bits per heavy atom. The summed E-state index contributed by atoms with van der Waals surface area (Å²) in [5.74, 6) is 0.778. The second-order valence-corrected chi connectivity index (χ2v) is 5.97. The molecule has 0 saturated carbocycles. The lowest BCUT2D eigenvalue weighted by molar-refractivity contribution is 0.241. The molecular formula is C18H21N3O3. The molecular weight excluding hydrogens is 306 g/mol. The lowest BCUT2D eigenvalue weighted by Gasteiger charge is -2.12. The second-order valence-electron chi connectivity index (χ2n) is 5.97. The third-order valence-electron chi connectivity index (χ3n) is 4.26. The summed E-state index contributed by atoms with van der Waals surface area (Å²) in [5.41, 5.74) is 2.50. The van der Waals surface area contributed by atoms with Crippen molar-refractivity contribution in [1.82, 2.24) is 14.3 Å². The molecule has 0 amide bonds. The number of nitrogens with zero attached hydrogens (tertiary/aromatic N) is 3. The number of benzene rings is 1. The van der Waals surface area contributed by atoms with Crippen molar-refractivity contribution in [3.05, 3.63) is 58.1 Å². The minimum absolute atomic E-state index is 0.0121. The van der Waals surface area contributed by atoms with Crippen molar-refractivity contribution < 1.29 is 9.84 Å². The standard InChI is InChI=1S/C18H21N3O3/c1-12-9-20(13(2)11-22)16-8-19-21(18(23)17(12)16)10-14-4-6-15(24-3)7-5-14/h4-9,13,22H,10-11H2,1-3H3. The first-order chi connectivity index (χ1) is 11.5. The lowest BCUT2D eigenvalue weighted by atomic mass is 10.2. The number of hydrogen-bond donors (Lipinski definition) is 1. The monoisotopic (exact) mass is 327 g/mol. The number of aliphatic hydroxyl groups is 1. The van der Waals surface area contributed by atoms with Gasteiger partial charge in [0.15, 0.2) is 0 Å². The van der Waals surface area contributed by atoms with E-state index in [0.29, 0.717) is 11.9 Å². The molecule has 6 nitrogen and oxygen atoms in total. The summed E-state index contributed by atoms with van der Waals surface area (Å²) in [4.78, 5) is 12.8. The van der Waals surface area contributed by atoms with Crippen LogP contribution in [0.4, 0.5) is 0 Å². The summed E-state index contributed by atoms with van der Waals surface area (Å²) in [5, 5.41) is 14.3. The average molecular weight is 327 g/mol. The van der Waals surface area contributed by atoms with Gasteiger partial charge in [0, 0.05) is 6.20 Å². The summed E-state index contributed by atoms with van der Waals surface area (Å²) in [6, 6.07) is 7.47. The van der Waals surface area contributed by atoms with Gasteiger partial charge in [-0.25, -0.2) is 4.68 Å². The van der Waals surface area contributed by atoms with Crippen molar-refractivity contribution in [2.45, 2.75) is 26.4 Å². The molecule has 0 spiro atoms. The third kappa shape index (κ3) is 2.80. The summed E-state index contributed by atoms with van der Waals surface area (Å²) in [6.07, 6.45) is 3.59. The van der Waals surface area contributed by atoms with Crippen LogP contribution >= 0.6 is 0 Å². The van der Waals surface area contributed by atoms with Crippen LogP contribution in [0.25, 0.3) is 10.9 Å². The van der Waals surface area contributed by atoms with E-state index in [1.165, 1.54) is 4.68 Å². The van der Waals surface area contributed by atoms with Crippen LogP contribution in [0.3, 0.4) is 0 Å². The van der Waals surface area contributed by atoms with Gasteiger partial charge in [-0.15, -0.1) is 0 Å². The summed E-state index contributed by atoms with van der Waals surface area (Å²) < 4.78 is 8.51. The predicted octanol–water partition coefficient (Wildman–Crippen LogP) is 2.12. The van der Waals surface area contributed by atoms with Crippen molar-refractivity contribution in [3.63, 3.8) is 0 Å². The zero-order chi connectivity index (χ0) is 17.3. The van der Waals surface area contributed by atoms with Crippen molar-refractivity contribution in [2.75, 3.05) is 13.7 Å². The van der Waals surface area contributed by atoms with E-state index in [2.05, 4.69) is 5.10 Å². The normalized spacial score (nSPS) is 12.5. The number of aromatic nitrogens is 3. The summed E-state index contributed by atoms with van der Waals surface area (Å²) >= 11 is 0. The highest BCUT2D eigenvalue weighted by atomic mass is 16.5. The van der Waals surface area contributed by atoms with Crippen LogP contribution < -0.4 is 10.3 Å². The Kier molecular flexibility index (Phi) is 4.40. The highest BCUT2D eigenvalue weighted by Gasteiger charge is 2.15. The average Bonchev–Trinajstić information content (AvgIpc) is 2.94. The third-order valence-corrected chi connectivity index (χ3v) is 4.26. The maximum atomic E-state index is 12.8. The molecule has 0 radical (unpaired) electrons. The second kappa shape index (κ2) is 6.49. The van der Waals surface area contributed by atoms with Crippen molar-refractivity contribution in [3.8, 4) is 5.75 Å². The van der Waals surface area contributed by atoms with E-state index < -0.39 is 0 Å². The SMILES string of the molecule is COc1ccc(Cn2ncc3c(c(C)cn3C(C)CO)c2=O)cc1. The Hall–Kier alpha value is -2.60. The van der Waals surface area contributed by atoms with Crippen LogP contribution in [0.2, 0.25) is 0 Å².